The molecule has 0 saturated carbocycles. The number of aryl methyl sites for hydroxylation is 1. The summed E-state index contributed by atoms with van der Waals surface area (Å²) in [5.74, 6) is -0.268. The highest BCUT2D eigenvalue weighted by Gasteiger charge is 2.08. The van der Waals surface area contributed by atoms with E-state index in [2.05, 4.69) is 5.32 Å². The second-order valence-electron chi connectivity index (χ2n) is 4.17. The Balaban J connectivity index is 2.21. The van der Waals surface area contributed by atoms with Crippen LogP contribution in [0.3, 0.4) is 0 Å². The van der Waals surface area contributed by atoms with E-state index in [4.69, 9.17) is 34.8 Å². The van der Waals surface area contributed by atoms with Gasteiger partial charge < -0.3 is 5.32 Å². The lowest BCUT2D eigenvalue weighted by Crippen LogP contribution is -2.03. The van der Waals surface area contributed by atoms with Crippen LogP contribution in [-0.2, 0) is 6.54 Å². The molecule has 0 fully saturated rings. The predicted molar refractivity (Wildman–Crippen MR) is 79.9 cm³/mol. The van der Waals surface area contributed by atoms with Crippen molar-refractivity contribution < 1.29 is 4.39 Å². The molecule has 2 rings (SSSR count). The third-order valence-electron chi connectivity index (χ3n) is 2.77. The van der Waals surface area contributed by atoms with Gasteiger partial charge in [-0.3, -0.25) is 0 Å². The molecule has 0 atom stereocenters. The van der Waals surface area contributed by atoms with Gasteiger partial charge in [0.05, 0.1) is 15.7 Å². The van der Waals surface area contributed by atoms with E-state index in [1.165, 1.54) is 12.1 Å². The summed E-state index contributed by atoms with van der Waals surface area (Å²) < 4.78 is 13.2. The first-order valence-electron chi connectivity index (χ1n) is 5.61. The number of anilines is 1. The van der Waals surface area contributed by atoms with Gasteiger partial charge in [0.1, 0.15) is 5.82 Å². The molecular formula is C14H11Cl3FN. The molecule has 0 heterocycles. The molecule has 1 N–H and O–H groups in total. The molecule has 2 aromatic carbocycles. The number of rotatable bonds is 3. The van der Waals surface area contributed by atoms with Crippen LogP contribution in [0.2, 0.25) is 15.1 Å². The van der Waals surface area contributed by atoms with Gasteiger partial charge in [-0.1, -0.05) is 40.9 Å². The lowest BCUT2D eigenvalue weighted by molar-refractivity contribution is 0.625. The van der Waals surface area contributed by atoms with E-state index in [9.17, 15) is 4.39 Å². The van der Waals surface area contributed by atoms with Gasteiger partial charge in [0.2, 0.25) is 0 Å². The van der Waals surface area contributed by atoms with Crippen LogP contribution in [-0.4, -0.2) is 0 Å². The van der Waals surface area contributed by atoms with Gasteiger partial charge in [-0.2, -0.15) is 0 Å². The largest absolute Gasteiger partial charge is 0.379 e. The first-order valence-corrected chi connectivity index (χ1v) is 6.74. The van der Waals surface area contributed by atoms with Crippen LogP contribution < -0.4 is 5.32 Å². The standard InChI is InChI=1S/C14H11Cl3FN/c1-8-2-3-11(18)4-9(8)7-19-14-12(16)5-10(15)6-13(14)17/h2-6,19H,7H2,1H3. The molecule has 0 aliphatic carbocycles. The second kappa shape index (κ2) is 6.00. The Kier molecular flexibility index (Phi) is 4.56. The average Bonchev–Trinajstić information content (AvgIpc) is 2.32. The highest BCUT2D eigenvalue weighted by Crippen LogP contribution is 2.34. The summed E-state index contributed by atoms with van der Waals surface area (Å²) in [6.45, 7) is 2.35. The van der Waals surface area contributed by atoms with Crippen molar-refractivity contribution in [3.8, 4) is 0 Å². The number of halogens is 4. The van der Waals surface area contributed by atoms with Crippen LogP contribution in [0.4, 0.5) is 10.1 Å². The highest BCUT2D eigenvalue weighted by molar-refractivity contribution is 6.41. The van der Waals surface area contributed by atoms with Gasteiger partial charge >= 0.3 is 0 Å². The van der Waals surface area contributed by atoms with Gasteiger partial charge in [-0.05, 0) is 42.3 Å². The van der Waals surface area contributed by atoms with Crippen molar-refractivity contribution in [3.63, 3.8) is 0 Å². The zero-order valence-electron chi connectivity index (χ0n) is 10.1. The van der Waals surface area contributed by atoms with Crippen molar-refractivity contribution in [3.05, 3.63) is 62.3 Å². The van der Waals surface area contributed by atoms with E-state index < -0.39 is 0 Å². The minimum Gasteiger partial charge on any atom is -0.379 e. The molecule has 0 saturated heterocycles. The van der Waals surface area contributed by atoms with Crippen molar-refractivity contribution in [2.45, 2.75) is 13.5 Å². The minimum absolute atomic E-state index is 0.268. The lowest BCUT2D eigenvalue weighted by atomic mass is 10.1. The Morgan fingerprint density at radius 2 is 1.68 bits per heavy atom. The summed E-state index contributed by atoms with van der Waals surface area (Å²) in [4.78, 5) is 0. The fourth-order valence-corrected chi connectivity index (χ4v) is 2.68. The Morgan fingerprint density at radius 3 is 2.32 bits per heavy atom. The Labute approximate surface area is 126 Å². The molecule has 0 aliphatic heterocycles. The molecule has 2 aromatic rings. The van der Waals surface area contributed by atoms with Gasteiger partial charge in [-0.15, -0.1) is 0 Å². The molecule has 19 heavy (non-hydrogen) atoms. The Bertz CT molecular complexity index is 591. The Morgan fingerprint density at radius 1 is 1.05 bits per heavy atom. The first kappa shape index (κ1) is 14.4. The van der Waals surface area contributed by atoms with Crippen molar-refractivity contribution in [1.82, 2.24) is 0 Å². The van der Waals surface area contributed by atoms with E-state index >= 15 is 0 Å². The summed E-state index contributed by atoms with van der Waals surface area (Å²) in [6.07, 6.45) is 0. The number of nitrogens with one attached hydrogen (secondary N) is 1. The zero-order valence-corrected chi connectivity index (χ0v) is 12.4. The topological polar surface area (TPSA) is 12.0 Å². The maximum Gasteiger partial charge on any atom is 0.123 e. The van der Waals surface area contributed by atoms with E-state index in [0.29, 0.717) is 27.3 Å². The molecule has 0 bridgehead atoms. The van der Waals surface area contributed by atoms with Gasteiger partial charge in [-0.25, -0.2) is 4.39 Å². The van der Waals surface area contributed by atoms with Gasteiger partial charge in [0.15, 0.2) is 0 Å². The molecule has 0 unspecified atom stereocenters. The molecule has 5 heteroatoms. The molecule has 0 aromatic heterocycles. The van der Waals surface area contributed by atoms with E-state index in [-0.39, 0.29) is 5.82 Å². The molecule has 0 amide bonds. The third kappa shape index (κ3) is 3.53. The first-order chi connectivity index (χ1) is 8.97. The van der Waals surface area contributed by atoms with Crippen molar-refractivity contribution in [1.29, 1.82) is 0 Å². The molecule has 0 aliphatic rings. The summed E-state index contributed by atoms with van der Waals surface area (Å²) in [7, 11) is 0. The SMILES string of the molecule is Cc1ccc(F)cc1CNc1c(Cl)cc(Cl)cc1Cl. The van der Waals surface area contributed by atoms with Crippen LogP contribution in [0.15, 0.2) is 30.3 Å². The fourth-order valence-electron chi connectivity index (χ4n) is 1.73. The van der Waals surface area contributed by atoms with E-state index in [1.54, 1.807) is 18.2 Å². The van der Waals surface area contributed by atoms with Crippen molar-refractivity contribution in [2.75, 3.05) is 5.32 Å². The number of benzene rings is 2. The summed E-state index contributed by atoms with van der Waals surface area (Å²) in [5.41, 5.74) is 2.44. The number of hydrogen-bond donors (Lipinski definition) is 1. The fraction of sp³-hybridized carbons (Fsp3) is 0.143. The monoisotopic (exact) mass is 317 g/mol. The van der Waals surface area contributed by atoms with E-state index in [1.807, 2.05) is 6.92 Å². The zero-order chi connectivity index (χ0) is 14.0. The third-order valence-corrected chi connectivity index (χ3v) is 3.59. The normalized spacial score (nSPS) is 10.6. The average molecular weight is 319 g/mol. The summed E-state index contributed by atoms with van der Waals surface area (Å²) >= 11 is 18.0. The van der Waals surface area contributed by atoms with E-state index in [0.717, 1.165) is 11.1 Å². The minimum atomic E-state index is -0.268. The molecule has 0 radical (unpaired) electrons. The smallest absolute Gasteiger partial charge is 0.123 e. The second-order valence-corrected chi connectivity index (χ2v) is 5.42. The van der Waals surface area contributed by atoms with Gasteiger partial charge in [0.25, 0.3) is 0 Å². The van der Waals surface area contributed by atoms with Crippen LogP contribution in [0.5, 0.6) is 0 Å². The lowest BCUT2D eigenvalue weighted by Gasteiger charge is -2.12. The molecule has 1 nitrogen and oxygen atoms in total. The molecule has 100 valence electrons. The van der Waals surface area contributed by atoms with Crippen LogP contribution in [0.25, 0.3) is 0 Å². The Hall–Kier alpha value is -0.960. The highest BCUT2D eigenvalue weighted by atomic mass is 35.5. The van der Waals surface area contributed by atoms with Crippen molar-refractivity contribution in [2.24, 2.45) is 0 Å². The van der Waals surface area contributed by atoms with Crippen LogP contribution >= 0.6 is 34.8 Å². The maximum absolute atomic E-state index is 13.2. The molecular weight excluding hydrogens is 308 g/mol. The predicted octanol–water partition coefficient (Wildman–Crippen LogP) is 5.71. The number of hydrogen-bond acceptors (Lipinski definition) is 1. The van der Waals surface area contributed by atoms with Gasteiger partial charge in [0, 0.05) is 11.6 Å². The quantitative estimate of drug-likeness (QED) is 0.764. The summed E-state index contributed by atoms with van der Waals surface area (Å²) in [6, 6.07) is 7.87. The summed E-state index contributed by atoms with van der Waals surface area (Å²) in [5, 5.41) is 4.45. The van der Waals surface area contributed by atoms with Crippen LogP contribution in [0.1, 0.15) is 11.1 Å². The van der Waals surface area contributed by atoms with Crippen LogP contribution in [0, 0.1) is 12.7 Å². The molecule has 0 spiro atoms. The maximum atomic E-state index is 13.2. The van der Waals surface area contributed by atoms with Crippen molar-refractivity contribution >= 4 is 40.5 Å².